The van der Waals surface area contributed by atoms with Crippen LogP contribution in [0.15, 0.2) is 30.3 Å². The van der Waals surface area contributed by atoms with Crippen LogP contribution < -0.4 is 17.3 Å². The van der Waals surface area contributed by atoms with Crippen LogP contribution in [0.4, 0.5) is 0 Å². The zero-order valence-corrected chi connectivity index (χ0v) is 13.0. The van der Waals surface area contributed by atoms with E-state index in [-0.39, 0.29) is 24.0 Å². The van der Waals surface area contributed by atoms with E-state index in [1.165, 1.54) is 4.90 Å². The molecule has 0 aliphatic heterocycles. The maximum absolute atomic E-state index is 12.1. The van der Waals surface area contributed by atoms with Gasteiger partial charge in [-0.05, 0) is 25.0 Å². The molecule has 4 heteroatoms. The average molecular weight is 286 g/mol. The molecule has 0 aliphatic carbocycles. The molecule has 0 unspecified atom stereocenters. The molecule has 0 saturated carbocycles. The fourth-order valence-electron chi connectivity index (χ4n) is 2.15. The Morgan fingerprint density at radius 2 is 1.68 bits per heavy atom. The molecule has 0 bridgehead atoms. The van der Waals surface area contributed by atoms with E-state index in [2.05, 4.69) is 27.9 Å². The van der Waals surface area contributed by atoms with Gasteiger partial charge in [-0.1, -0.05) is 32.0 Å². The van der Waals surface area contributed by atoms with Crippen molar-refractivity contribution in [1.29, 1.82) is 0 Å². The third kappa shape index (κ3) is 5.21. The van der Waals surface area contributed by atoms with Gasteiger partial charge in [-0.2, -0.15) is 0 Å². The summed E-state index contributed by atoms with van der Waals surface area (Å²) in [6.07, 6.45) is 1.68. The topological polar surface area (TPSA) is 30.7 Å². The number of carbonyl (C=O) groups is 1. The number of benzene rings is 1. The fraction of sp³-hybridized carbons (Fsp3) is 0.533. The van der Waals surface area contributed by atoms with Gasteiger partial charge in [0, 0.05) is 0 Å². The van der Waals surface area contributed by atoms with Crippen LogP contribution in [0.2, 0.25) is 0 Å². The molecule has 108 valence electrons. The third-order valence-corrected chi connectivity index (χ3v) is 3.28. The number of hydrogen-bond donors (Lipinski definition) is 1. The molecule has 0 amide bonds. The van der Waals surface area contributed by atoms with E-state index in [1.807, 2.05) is 18.2 Å². The van der Waals surface area contributed by atoms with Gasteiger partial charge in [0.25, 0.3) is 0 Å². The van der Waals surface area contributed by atoms with Crippen molar-refractivity contribution in [1.82, 2.24) is 0 Å². The summed E-state index contributed by atoms with van der Waals surface area (Å²) >= 11 is 0. The molecule has 1 aromatic carbocycles. The van der Waals surface area contributed by atoms with Gasteiger partial charge >= 0.3 is 5.97 Å². The number of halogens is 1. The predicted molar refractivity (Wildman–Crippen MR) is 72.8 cm³/mol. The van der Waals surface area contributed by atoms with Crippen molar-refractivity contribution in [3.8, 4) is 0 Å². The Labute approximate surface area is 122 Å². The summed E-state index contributed by atoms with van der Waals surface area (Å²) in [5.74, 6) is -0.222. The molecule has 1 aromatic rings. The van der Waals surface area contributed by atoms with Gasteiger partial charge in [0.05, 0.1) is 19.7 Å². The Morgan fingerprint density at radius 1 is 1.16 bits per heavy atom. The standard InChI is InChI=1S/C15H23NO2.ClH/c1-5-15(6-2,12-16(3)4)18-14(17)13-10-8-7-9-11-13;/h7-11H,5-6,12H2,1-4H3;1H. The summed E-state index contributed by atoms with van der Waals surface area (Å²) in [6, 6.07) is 9.19. The van der Waals surface area contributed by atoms with Gasteiger partial charge in [0.15, 0.2) is 5.60 Å². The van der Waals surface area contributed by atoms with Crippen molar-refractivity contribution in [2.75, 3.05) is 20.6 Å². The number of ether oxygens (including phenoxy) is 1. The van der Waals surface area contributed by atoms with Gasteiger partial charge in [0.2, 0.25) is 0 Å². The van der Waals surface area contributed by atoms with Crippen LogP contribution in [0.1, 0.15) is 37.0 Å². The van der Waals surface area contributed by atoms with Crippen LogP contribution in [0, 0.1) is 0 Å². The normalized spacial score (nSPS) is 11.0. The number of carbonyl (C=O) groups excluding carboxylic acids is 1. The number of nitrogens with one attached hydrogen (secondary N) is 1. The zero-order valence-electron chi connectivity index (χ0n) is 12.2. The highest BCUT2D eigenvalue weighted by Gasteiger charge is 2.34. The Hall–Kier alpha value is -1.06. The van der Waals surface area contributed by atoms with Crippen LogP contribution in [-0.2, 0) is 4.74 Å². The lowest BCUT2D eigenvalue weighted by molar-refractivity contribution is -0.865. The van der Waals surface area contributed by atoms with E-state index >= 15 is 0 Å². The number of esters is 1. The van der Waals surface area contributed by atoms with Crippen LogP contribution in [-0.4, -0.2) is 32.2 Å². The molecule has 0 atom stereocenters. The van der Waals surface area contributed by atoms with Crippen LogP contribution in [0.25, 0.3) is 0 Å². The highest BCUT2D eigenvalue weighted by atomic mass is 35.5. The second-order valence-corrected chi connectivity index (χ2v) is 5.03. The highest BCUT2D eigenvalue weighted by Crippen LogP contribution is 2.20. The van der Waals surface area contributed by atoms with Gasteiger partial charge in [-0.25, -0.2) is 4.79 Å². The molecule has 0 fully saturated rings. The van der Waals surface area contributed by atoms with Gasteiger partial charge in [-0.15, -0.1) is 0 Å². The lowest BCUT2D eigenvalue weighted by Crippen LogP contribution is -3.08. The van der Waals surface area contributed by atoms with Crippen molar-refractivity contribution in [3.63, 3.8) is 0 Å². The Morgan fingerprint density at radius 3 is 2.11 bits per heavy atom. The first kappa shape index (κ1) is 17.9. The first-order chi connectivity index (χ1) is 8.53. The van der Waals surface area contributed by atoms with E-state index in [1.54, 1.807) is 12.1 Å². The van der Waals surface area contributed by atoms with Crippen molar-refractivity contribution in [2.45, 2.75) is 32.3 Å². The molecule has 0 aliphatic rings. The molecule has 0 saturated heterocycles. The molecule has 0 radical (unpaired) electrons. The van der Waals surface area contributed by atoms with E-state index in [0.717, 1.165) is 19.4 Å². The monoisotopic (exact) mass is 285 g/mol. The Balaban J connectivity index is 0.00000324. The van der Waals surface area contributed by atoms with Crippen molar-refractivity contribution in [3.05, 3.63) is 35.9 Å². The minimum Gasteiger partial charge on any atom is -1.00 e. The molecule has 1 rings (SSSR count). The lowest BCUT2D eigenvalue weighted by Gasteiger charge is -2.31. The first-order valence-electron chi connectivity index (χ1n) is 6.60. The number of hydrogen-bond acceptors (Lipinski definition) is 2. The second kappa shape index (κ2) is 8.18. The molecule has 3 nitrogen and oxygen atoms in total. The molecular weight excluding hydrogens is 262 g/mol. The quantitative estimate of drug-likeness (QED) is 0.649. The lowest BCUT2D eigenvalue weighted by atomic mass is 9.96. The number of likely N-dealkylation sites (N-methyl/N-ethyl adjacent to an activating group) is 1. The molecule has 0 spiro atoms. The molecule has 1 N–H and O–H groups in total. The average Bonchev–Trinajstić information content (AvgIpc) is 2.38. The van der Waals surface area contributed by atoms with E-state index in [9.17, 15) is 4.79 Å². The number of quaternary nitrogens is 1. The molecular formula is C15H24ClNO2. The maximum atomic E-state index is 12.1. The van der Waals surface area contributed by atoms with Crippen molar-refractivity contribution >= 4 is 5.97 Å². The fourth-order valence-corrected chi connectivity index (χ4v) is 2.15. The third-order valence-electron chi connectivity index (χ3n) is 3.28. The van der Waals surface area contributed by atoms with Gasteiger partial charge in [0.1, 0.15) is 6.54 Å². The maximum Gasteiger partial charge on any atom is 0.338 e. The highest BCUT2D eigenvalue weighted by molar-refractivity contribution is 5.89. The minimum absolute atomic E-state index is 0. The summed E-state index contributed by atoms with van der Waals surface area (Å²) in [5.41, 5.74) is 0.267. The summed E-state index contributed by atoms with van der Waals surface area (Å²) < 4.78 is 5.77. The van der Waals surface area contributed by atoms with E-state index < -0.39 is 0 Å². The van der Waals surface area contributed by atoms with Crippen molar-refractivity contribution < 1.29 is 26.8 Å². The molecule has 0 heterocycles. The summed E-state index contributed by atoms with van der Waals surface area (Å²) in [4.78, 5) is 13.4. The summed E-state index contributed by atoms with van der Waals surface area (Å²) in [7, 11) is 4.16. The predicted octanol–water partition coefficient (Wildman–Crippen LogP) is -1.45. The summed E-state index contributed by atoms with van der Waals surface area (Å²) in [5, 5.41) is 0. The van der Waals surface area contributed by atoms with Crippen LogP contribution >= 0.6 is 0 Å². The summed E-state index contributed by atoms with van der Waals surface area (Å²) in [6.45, 7) is 4.98. The minimum atomic E-state index is -0.355. The second-order valence-electron chi connectivity index (χ2n) is 5.03. The number of rotatable bonds is 6. The van der Waals surface area contributed by atoms with E-state index in [4.69, 9.17) is 4.74 Å². The first-order valence-corrected chi connectivity index (χ1v) is 6.60. The van der Waals surface area contributed by atoms with Crippen LogP contribution in [0.3, 0.4) is 0 Å². The smallest absolute Gasteiger partial charge is 0.338 e. The van der Waals surface area contributed by atoms with Gasteiger partial charge < -0.3 is 22.0 Å². The largest absolute Gasteiger partial charge is 1.00 e. The Bertz CT molecular complexity index is 375. The SMILES string of the molecule is CCC(CC)(C[NH+](C)C)OC(=O)c1ccccc1.[Cl-]. The Kier molecular flexibility index (Phi) is 7.72. The van der Waals surface area contributed by atoms with Gasteiger partial charge in [-0.3, -0.25) is 0 Å². The molecule has 0 aromatic heterocycles. The van der Waals surface area contributed by atoms with Crippen LogP contribution in [0.5, 0.6) is 0 Å². The zero-order chi connectivity index (χ0) is 13.6. The molecule has 19 heavy (non-hydrogen) atoms. The van der Waals surface area contributed by atoms with E-state index in [0.29, 0.717) is 5.56 Å². The van der Waals surface area contributed by atoms with Crippen molar-refractivity contribution in [2.24, 2.45) is 0 Å².